The quantitative estimate of drug-likeness (QED) is 0.331. The molecule has 5 heteroatoms. The second kappa shape index (κ2) is 4.05. The minimum atomic E-state index is -1.06. The second-order valence-electron chi connectivity index (χ2n) is 1.65. The molecule has 0 bridgehead atoms. The Bertz CT molecular complexity index is 98.6. The van der Waals surface area contributed by atoms with Gasteiger partial charge in [0, 0.05) is 5.23 Å². The molecule has 9 heavy (non-hydrogen) atoms. The molecule has 0 saturated heterocycles. The standard InChI is InChI=1S/C4H9FN2O2/c1-2-3-4-6(5)7(8)9/h2-4H2,1H3. The van der Waals surface area contributed by atoms with Crippen molar-refractivity contribution in [1.29, 1.82) is 0 Å². The maximum absolute atomic E-state index is 11.8. The summed E-state index contributed by atoms with van der Waals surface area (Å²) in [6, 6.07) is 0. The third-order valence-corrected chi connectivity index (χ3v) is 0.873. The van der Waals surface area contributed by atoms with Crippen LogP contribution in [0.5, 0.6) is 0 Å². The Kier molecular flexibility index (Phi) is 3.66. The van der Waals surface area contributed by atoms with Crippen LogP contribution in [-0.2, 0) is 0 Å². The van der Waals surface area contributed by atoms with Crippen LogP contribution in [0.25, 0.3) is 0 Å². The molecule has 0 saturated carbocycles. The lowest BCUT2D eigenvalue weighted by atomic mass is 10.3. The third-order valence-electron chi connectivity index (χ3n) is 0.873. The van der Waals surface area contributed by atoms with Gasteiger partial charge in [0.2, 0.25) is 0 Å². The molecule has 0 amide bonds. The van der Waals surface area contributed by atoms with Gasteiger partial charge in [-0.15, -0.1) is 0 Å². The van der Waals surface area contributed by atoms with E-state index < -0.39 is 10.3 Å². The maximum atomic E-state index is 11.8. The first-order valence-electron chi connectivity index (χ1n) is 2.76. The summed E-state index contributed by atoms with van der Waals surface area (Å²) in [5, 5.41) is 8.10. The lowest BCUT2D eigenvalue weighted by Crippen LogP contribution is -2.21. The molecule has 0 atom stereocenters. The van der Waals surface area contributed by atoms with Crippen LogP contribution in [0.1, 0.15) is 19.8 Å². The summed E-state index contributed by atoms with van der Waals surface area (Å²) in [6.07, 6.45) is 1.27. The van der Waals surface area contributed by atoms with Crippen molar-refractivity contribution in [3.05, 3.63) is 10.1 Å². The van der Waals surface area contributed by atoms with Crippen LogP contribution in [0.3, 0.4) is 0 Å². The fraction of sp³-hybridized carbons (Fsp3) is 1.00. The van der Waals surface area contributed by atoms with E-state index in [1.807, 2.05) is 6.92 Å². The van der Waals surface area contributed by atoms with Crippen molar-refractivity contribution in [2.75, 3.05) is 6.54 Å². The Balaban J connectivity index is 3.27. The van der Waals surface area contributed by atoms with Gasteiger partial charge in [-0.2, -0.15) is 0 Å². The summed E-state index contributed by atoms with van der Waals surface area (Å²) in [4.78, 5) is 9.56. The molecule has 0 aliphatic rings. The molecule has 0 heterocycles. The average molecular weight is 136 g/mol. The van der Waals surface area contributed by atoms with Crippen LogP contribution in [-0.4, -0.2) is 16.8 Å². The highest BCUT2D eigenvalue weighted by molar-refractivity contribution is 4.32. The number of rotatable bonds is 4. The van der Waals surface area contributed by atoms with Crippen LogP contribution >= 0.6 is 0 Å². The first-order chi connectivity index (χ1) is 4.18. The molecule has 0 aromatic rings. The zero-order chi connectivity index (χ0) is 7.28. The average Bonchev–Trinajstić information content (AvgIpc) is 1.82. The van der Waals surface area contributed by atoms with Crippen molar-refractivity contribution in [1.82, 2.24) is 5.23 Å². The molecular weight excluding hydrogens is 127 g/mol. The number of nitro groups is 1. The molecule has 0 aliphatic heterocycles. The molecule has 0 aliphatic carbocycles. The zero-order valence-electron chi connectivity index (χ0n) is 5.21. The summed E-state index contributed by atoms with van der Waals surface area (Å²) in [5.41, 5.74) is 0. The van der Waals surface area contributed by atoms with E-state index in [0.717, 1.165) is 6.42 Å². The van der Waals surface area contributed by atoms with E-state index in [2.05, 4.69) is 0 Å². The monoisotopic (exact) mass is 136 g/mol. The predicted octanol–water partition coefficient (Wildman–Crippen LogP) is 1.16. The number of halogens is 1. The topological polar surface area (TPSA) is 46.4 Å². The van der Waals surface area contributed by atoms with Gasteiger partial charge >= 0.3 is 0 Å². The lowest BCUT2D eigenvalue weighted by molar-refractivity contribution is -0.705. The van der Waals surface area contributed by atoms with Crippen LogP contribution < -0.4 is 0 Å². The third kappa shape index (κ3) is 3.69. The smallest absolute Gasteiger partial charge is 0.191 e. The maximum Gasteiger partial charge on any atom is 0.191 e. The van der Waals surface area contributed by atoms with Crippen molar-refractivity contribution >= 4 is 0 Å². The molecule has 0 unspecified atom stereocenters. The number of hydrogen-bond acceptors (Lipinski definition) is 2. The van der Waals surface area contributed by atoms with Gasteiger partial charge in [-0.1, -0.05) is 13.3 Å². The molecule has 0 radical (unpaired) electrons. The van der Waals surface area contributed by atoms with Gasteiger partial charge in [-0.3, -0.25) is 0 Å². The minimum Gasteiger partial charge on any atom is -0.233 e. The van der Waals surface area contributed by atoms with E-state index >= 15 is 0 Å². The highest BCUT2D eigenvalue weighted by Crippen LogP contribution is 1.93. The van der Waals surface area contributed by atoms with E-state index in [-0.39, 0.29) is 6.54 Å². The second-order valence-corrected chi connectivity index (χ2v) is 1.65. The van der Waals surface area contributed by atoms with Gasteiger partial charge in [0.15, 0.2) is 5.03 Å². The molecule has 4 nitrogen and oxygen atoms in total. The van der Waals surface area contributed by atoms with Gasteiger partial charge in [0.25, 0.3) is 0 Å². The largest absolute Gasteiger partial charge is 0.233 e. The van der Waals surface area contributed by atoms with E-state index in [4.69, 9.17) is 0 Å². The Morgan fingerprint density at radius 2 is 2.33 bits per heavy atom. The van der Waals surface area contributed by atoms with E-state index in [1.165, 1.54) is 0 Å². The molecule has 54 valence electrons. The van der Waals surface area contributed by atoms with Crippen LogP contribution in [0.2, 0.25) is 0 Å². The number of unbranched alkanes of at least 4 members (excludes halogenated alkanes) is 1. The summed E-state index contributed by atoms with van der Waals surface area (Å²) < 4.78 is 11.8. The molecule has 0 aromatic carbocycles. The van der Waals surface area contributed by atoms with Crippen molar-refractivity contribution < 1.29 is 9.51 Å². The van der Waals surface area contributed by atoms with Gasteiger partial charge in [0.05, 0.1) is 0 Å². The Hall–Kier alpha value is -0.870. The first kappa shape index (κ1) is 8.13. The van der Waals surface area contributed by atoms with Gasteiger partial charge in [0.1, 0.15) is 6.54 Å². The van der Waals surface area contributed by atoms with Crippen LogP contribution in [0.15, 0.2) is 0 Å². The van der Waals surface area contributed by atoms with Gasteiger partial charge < -0.3 is 0 Å². The summed E-state index contributed by atoms with van der Waals surface area (Å²) >= 11 is 0. The van der Waals surface area contributed by atoms with Crippen LogP contribution in [0.4, 0.5) is 4.48 Å². The highest BCUT2D eigenvalue weighted by Gasteiger charge is 2.09. The predicted molar refractivity (Wildman–Crippen MR) is 29.7 cm³/mol. The molecule has 0 aromatic heterocycles. The Labute approximate surface area is 52.3 Å². The fourth-order valence-corrected chi connectivity index (χ4v) is 0.370. The normalized spacial score (nSPS) is 9.11. The minimum absolute atomic E-state index is 0.122. The molecular formula is C4H9FN2O2. The zero-order valence-corrected chi connectivity index (χ0v) is 5.21. The number of hydrazine groups is 1. The molecule has 0 rings (SSSR count). The van der Waals surface area contributed by atoms with E-state index in [9.17, 15) is 14.6 Å². The lowest BCUT2D eigenvalue weighted by Gasteiger charge is -1.99. The molecule has 0 spiro atoms. The van der Waals surface area contributed by atoms with Gasteiger partial charge in [-0.25, -0.2) is 10.1 Å². The SMILES string of the molecule is CCCCN(F)[N+](=O)[O-]. The summed E-state index contributed by atoms with van der Waals surface area (Å²) in [5.74, 6) is 0. The van der Waals surface area contributed by atoms with Crippen molar-refractivity contribution in [3.8, 4) is 0 Å². The molecule has 0 N–H and O–H groups in total. The van der Waals surface area contributed by atoms with Gasteiger partial charge in [-0.05, 0) is 10.9 Å². The summed E-state index contributed by atoms with van der Waals surface area (Å²) in [6.45, 7) is 1.72. The Morgan fingerprint density at radius 3 is 2.67 bits per heavy atom. The first-order valence-corrected chi connectivity index (χ1v) is 2.76. The molecule has 0 fully saturated rings. The van der Waals surface area contributed by atoms with Crippen molar-refractivity contribution in [3.63, 3.8) is 0 Å². The van der Waals surface area contributed by atoms with Crippen molar-refractivity contribution in [2.24, 2.45) is 0 Å². The fourth-order valence-electron chi connectivity index (χ4n) is 0.370. The van der Waals surface area contributed by atoms with E-state index in [1.54, 1.807) is 0 Å². The highest BCUT2D eigenvalue weighted by atomic mass is 19.2. The van der Waals surface area contributed by atoms with Crippen LogP contribution in [0, 0.1) is 10.1 Å². The van der Waals surface area contributed by atoms with Crippen molar-refractivity contribution in [2.45, 2.75) is 19.8 Å². The number of hydrogen-bond donors (Lipinski definition) is 0. The summed E-state index contributed by atoms with van der Waals surface area (Å²) in [7, 11) is 0. The Morgan fingerprint density at radius 1 is 1.78 bits per heavy atom. The number of nitrogens with zero attached hydrogens (tertiary/aromatic N) is 2. The van der Waals surface area contributed by atoms with E-state index in [0.29, 0.717) is 6.42 Å².